The topological polar surface area (TPSA) is 23.0 Å². The summed E-state index contributed by atoms with van der Waals surface area (Å²) in [5.74, 6) is 0. The summed E-state index contributed by atoms with van der Waals surface area (Å²) in [6.45, 7) is 0. The zero-order valence-electron chi connectivity index (χ0n) is 34.9. The molecule has 300 valence electrons. The van der Waals surface area contributed by atoms with E-state index >= 15 is 0 Å². The van der Waals surface area contributed by atoms with Crippen LogP contribution >= 0.6 is 0 Å². The van der Waals surface area contributed by atoms with Crippen LogP contribution in [0.2, 0.25) is 0 Å². The molecule has 0 saturated carbocycles. The molecule has 0 saturated heterocycles. The van der Waals surface area contributed by atoms with Crippen molar-refractivity contribution in [2.24, 2.45) is 0 Å². The Morgan fingerprint density at radius 2 is 0.781 bits per heavy atom. The summed E-state index contributed by atoms with van der Waals surface area (Å²) < 4.78 is 11.5. The maximum Gasteiger partial charge on any atom is 0.179 e. The minimum absolute atomic E-state index is 0.890. The highest BCUT2D eigenvalue weighted by atomic mass is 28.3. The van der Waals surface area contributed by atoms with Gasteiger partial charge in [0, 0.05) is 43.6 Å². The Hall–Kier alpha value is -8.18. The number of rotatable bonds is 7. The molecule has 13 rings (SSSR count). The first-order valence-corrected chi connectivity index (χ1v) is 24.0. The lowest BCUT2D eigenvalue weighted by Gasteiger charge is -2.34. The molecule has 3 aromatic heterocycles. The molecule has 3 nitrogen and oxygen atoms in total. The number of hydrogen-bond acceptors (Lipinski definition) is 1. The van der Waals surface area contributed by atoms with Gasteiger partial charge in [0.1, 0.15) is 11.2 Å². The Morgan fingerprint density at radius 3 is 1.45 bits per heavy atom. The molecule has 4 heteroatoms. The molecule has 0 N–H and O–H groups in total. The maximum absolute atomic E-state index is 6.47. The SMILES string of the molecule is c1ccc([Si](c2ccccc2)(c2ccccc2)c2cccc(-n3c4ccccc4c4cccc(-n5c6ccccc6c6cccc(-c7cccc8oc9ccccc9c78)c65)c43)c2)cc1. The molecule has 0 fully saturated rings. The van der Waals surface area contributed by atoms with E-state index in [4.69, 9.17) is 4.42 Å². The van der Waals surface area contributed by atoms with Crippen molar-refractivity contribution in [2.75, 3.05) is 0 Å². The Bertz CT molecular complexity index is 3800. The third kappa shape index (κ3) is 5.27. The van der Waals surface area contributed by atoms with Gasteiger partial charge in [-0.1, -0.05) is 200 Å². The molecule has 64 heavy (non-hydrogen) atoms. The molecule has 3 heterocycles. The summed E-state index contributed by atoms with van der Waals surface area (Å²) in [7, 11) is -2.83. The molecule has 13 aromatic rings. The van der Waals surface area contributed by atoms with Crippen LogP contribution in [-0.2, 0) is 0 Å². The minimum Gasteiger partial charge on any atom is -0.456 e. The number of aromatic nitrogens is 2. The largest absolute Gasteiger partial charge is 0.456 e. The average molecular weight is 833 g/mol. The van der Waals surface area contributed by atoms with Gasteiger partial charge in [-0.05, 0) is 68.8 Å². The third-order valence-electron chi connectivity index (χ3n) is 13.5. The van der Waals surface area contributed by atoms with E-state index in [9.17, 15) is 0 Å². The lowest BCUT2D eigenvalue weighted by molar-refractivity contribution is 0.669. The number of fused-ring (bicyclic) bond motifs is 9. The van der Waals surface area contributed by atoms with Crippen molar-refractivity contribution >= 4 is 94.4 Å². The second kappa shape index (κ2) is 14.5. The quantitative estimate of drug-likeness (QED) is 0.116. The highest BCUT2D eigenvalue weighted by Crippen LogP contribution is 2.45. The van der Waals surface area contributed by atoms with Crippen LogP contribution in [0.5, 0.6) is 0 Å². The van der Waals surface area contributed by atoms with Crippen molar-refractivity contribution < 1.29 is 4.42 Å². The predicted octanol–water partition coefficient (Wildman–Crippen LogP) is 12.8. The van der Waals surface area contributed by atoms with Gasteiger partial charge in [-0.3, -0.25) is 0 Å². The fraction of sp³-hybridized carbons (Fsp3) is 0. The van der Waals surface area contributed by atoms with Crippen LogP contribution in [0, 0.1) is 0 Å². The van der Waals surface area contributed by atoms with E-state index in [0.717, 1.165) is 55.5 Å². The smallest absolute Gasteiger partial charge is 0.179 e. The monoisotopic (exact) mass is 832 g/mol. The zero-order valence-corrected chi connectivity index (χ0v) is 35.9. The number of hydrogen-bond donors (Lipinski definition) is 0. The summed E-state index contributed by atoms with van der Waals surface area (Å²) in [4.78, 5) is 0. The molecule has 0 bridgehead atoms. The minimum atomic E-state index is -2.83. The lowest BCUT2D eigenvalue weighted by atomic mass is 9.97. The van der Waals surface area contributed by atoms with Crippen LogP contribution in [-0.4, -0.2) is 17.2 Å². The van der Waals surface area contributed by atoms with Crippen LogP contribution in [0.25, 0.3) is 88.1 Å². The van der Waals surface area contributed by atoms with E-state index in [-0.39, 0.29) is 0 Å². The van der Waals surface area contributed by atoms with Crippen LogP contribution in [0.15, 0.2) is 247 Å². The molecule has 0 aliphatic carbocycles. The van der Waals surface area contributed by atoms with Gasteiger partial charge in [0.05, 0.1) is 27.8 Å². The van der Waals surface area contributed by atoms with E-state index < -0.39 is 8.07 Å². The summed E-state index contributed by atoms with van der Waals surface area (Å²) in [6.07, 6.45) is 0. The van der Waals surface area contributed by atoms with Crippen molar-refractivity contribution in [3.05, 3.63) is 243 Å². The average Bonchev–Trinajstić information content (AvgIpc) is 4.04. The number of benzene rings is 10. The van der Waals surface area contributed by atoms with Crippen LogP contribution in [0.3, 0.4) is 0 Å². The Balaban J connectivity index is 1.14. The molecular weight excluding hydrogens is 793 g/mol. The van der Waals surface area contributed by atoms with Crippen molar-refractivity contribution in [1.82, 2.24) is 9.13 Å². The van der Waals surface area contributed by atoms with Gasteiger partial charge in [0.2, 0.25) is 0 Å². The Labute approximate surface area is 371 Å². The molecular formula is C60H40N2OSi. The van der Waals surface area contributed by atoms with Gasteiger partial charge in [0.25, 0.3) is 0 Å². The van der Waals surface area contributed by atoms with Crippen LogP contribution in [0.4, 0.5) is 0 Å². The normalized spacial score (nSPS) is 12.1. The van der Waals surface area contributed by atoms with Crippen molar-refractivity contribution in [3.8, 4) is 22.5 Å². The summed E-state index contributed by atoms with van der Waals surface area (Å²) in [5, 5.41) is 12.5. The standard InChI is InChI=1S/C60H40N2OSi/c1-4-21-42(22-5-1)64(43-23-6-2-7-24-43,44-25-8-3-9-26-44)45-27-16-20-41(40-45)61-53-35-13-10-29-47(53)50-34-18-37-55(60(50)61)62-54-36-14-11-28-46(54)49-32-17-33-51(59(49)62)48-31-19-39-57-58(48)52-30-12-15-38-56(52)63-57/h1-40H. The first-order chi connectivity index (χ1) is 31.8. The number of para-hydroxylation sites is 5. The van der Waals surface area contributed by atoms with Crippen LogP contribution < -0.4 is 20.7 Å². The maximum atomic E-state index is 6.47. The zero-order chi connectivity index (χ0) is 42.2. The molecule has 0 atom stereocenters. The molecule has 0 aliphatic rings. The fourth-order valence-electron chi connectivity index (χ4n) is 10.9. The van der Waals surface area contributed by atoms with E-state index in [2.05, 4.69) is 246 Å². The van der Waals surface area contributed by atoms with E-state index in [1.165, 1.54) is 53.3 Å². The molecule has 0 aliphatic heterocycles. The second-order valence-electron chi connectivity index (χ2n) is 16.8. The van der Waals surface area contributed by atoms with Crippen LogP contribution in [0.1, 0.15) is 0 Å². The van der Waals surface area contributed by atoms with Gasteiger partial charge < -0.3 is 13.6 Å². The summed E-state index contributed by atoms with van der Waals surface area (Å²) in [5.41, 5.74) is 11.0. The highest BCUT2D eigenvalue weighted by Gasteiger charge is 2.41. The highest BCUT2D eigenvalue weighted by molar-refractivity contribution is 7.19. The van der Waals surface area contributed by atoms with Gasteiger partial charge in [-0.25, -0.2) is 0 Å². The number of furan rings is 1. The molecule has 0 spiro atoms. The van der Waals surface area contributed by atoms with E-state index in [0.29, 0.717) is 0 Å². The van der Waals surface area contributed by atoms with Crippen molar-refractivity contribution in [2.45, 2.75) is 0 Å². The summed E-state index contributed by atoms with van der Waals surface area (Å²) in [6, 6.07) is 89.3. The summed E-state index contributed by atoms with van der Waals surface area (Å²) >= 11 is 0. The first kappa shape index (κ1) is 36.5. The molecule has 0 unspecified atom stereocenters. The predicted molar refractivity (Wildman–Crippen MR) is 271 cm³/mol. The van der Waals surface area contributed by atoms with Gasteiger partial charge >= 0.3 is 0 Å². The van der Waals surface area contributed by atoms with Gasteiger partial charge in [0.15, 0.2) is 8.07 Å². The van der Waals surface area contributed by atoms with Crippen molar-refractivity contribution in [3.63, 3.8) is 0 Å². The molecule has 0 amide bonds. The lowest BCUT2D eigenvalue weighted by Crippen LogP contribution is -2.74. The third-order valence-corrected chi connectivity index (χ3v) is 18.2. The van der Waals surface area contributed by atoms with E-state index in [1.807, 2.05) is 6.07 Å². The van der Waals surface area contributed by atoms with Gasteiger partial charge in [-0.2, -0.15) is 0 Å². The van der Waals surface area contributed by atoms with E-state index in [1.54, 1.807) is 0 Å². The second-order valence-corrected chi connectivity index (χ2v) is 20.6. The van der Waals surface area contributed by atoms with Gasteiger partial charge in [-0.15, -0.1) is 0 Å². The first-order valence-electron chi connectivity index (χ1n) is 22.0. The molecule has 0 radical (unpaired) electrons. The Morgan fingerprint density at radius 1 is 0.312 bits per heavy atom. The van der Waals surface area contributed by atoms with Crippen molar-refractivity contribution in [1.29, 1.82) is 0 Å². The fourth-order valence-corrected chi connectivity index (χ4v) is 15.7. The molecule has 10 aromatic carbocycles. The Kier molecular flexibility index (Phi) is 8.23. The number of nitrogens with zero attached hydrogens (tertiary/aromatic N) is 2.